The van der Waals surface area contributed by atoms with E-state index < -0.39 is 0 Å². The highest BCUT2D eigenvalue weighted by molar-refractivity contribution is 5.92. The maximum Gasteiger partial charge on any atom is 0.227 e. The van der Waals surface area contributed by atoms with Crippen LogP contribution in [0.5, 0.6) is 0 Å². The molecule has 0 aliphatic heterocycles. The van der Waals surface area contributed by atoms with Gasteiger partial charge in [-0.1, -0.05) is 57.2 Å². The third-order valence-corrected chi connectivity index (χ3v) is 5.19. The van der Waals surface area contributed by atoms with Crippen molar-refractivity contribution >= 4 is 27.7 Å². The van der Waals surface area contributed by atoms with Crippen LogP contribution in [0.15, 0.2) is 65.1 Å². The van der Waals surface area contributed by atoms with E-state index >= 15 is 0 Å². The van der Waals surface area contributed by atoms with E-state index in [0.29, 0.717) is 5.89 Å². The van der Waals surface area contributed by atoms with E-state index in [4.69, 9.17) is 19.4 Å². The van der Waals surface area contributed by atoms with Crippen molar-refractivity contribution in [1.82, 2.24) is 15.0 Å². The Morgan fingerprint density at radius 2 is 1.59 bits per heavy atom. The topological polar surface area (TPSA) is 51.8 Å². The Bertz CT molecular complexity index is 1290. The molecule has 0 atom stereocenters. The number of hydrogen-bond donors (Lipinski definition) is 0. The van der Waals surface area contributed by atoms with Crippen molar-refractivity contribution in [2.45, 2.75) is 39.0 Å². The molecule has 0 radical (unpaired) electrons. The van der Waals surface area contributed by atoms with Gasteiger partial charge in [-0.05, 0) is 37.1 Å². The number of allylic oxidation sites excluding steroid dienone is 4. The molecule has 144 valence electrons. The molecule has 0 amide bonds. The first-order chi connectivity index (χ1) is 14.0. The number of nitrogens with zero attached hydrogens (tertiary/aromatic N) is 3. The maximum atomic E-state index is 6.27. The van der Waals surface area contributed by atoms with Crippen LogP contribution < -0.4 is 0 Å². The molecular formula is C25H23N3O. The lowest BCUT2D eigenvalue weighted by Gasteiger charge is -2.21. The van der Waals surface area contributed by atoms with Gasteiger partial charge in [-0.25, -0.2) is 15.0 Å². The van der Waals surface area contributed by atoms with Gasteiger partial charge in [-0.2, -0.15) is 0 Å². The zero-order valence-corrected chi connectivity index (χ0v) is 16.9. The number of para-hydroxylation sites is 3. The molecule has 4 aromatic rings. The highest BCUT2D eigenvalue weighted by Crippen LogP contribution is 2.36. The minimum atomic E-state index is -0.161. The fourth-order valence-corrected chi connectivity index (χ4v) is 3.74. The molecule has 0 fully saturated rings. The van der Waals surface area contributed by atoms with Crippen molar-refractivity contribution in [2.24, 2.45) is 0 Å². The average Bonchev–Trinajstić information content (AvgIpc) is 3.17. The molecule has 4 nitrogen and oxygen atoms in total. The Labute approximate surface area is 170 Å². The van der Waals surface area contributed by atoms with Crippen molar-refractivity contribution in [3.8, 4) is 11.3 Å². The first-order valence-corrected chi connectivity index (χ1v) is 10.0. The van der Waals surface area contributed by atoms with Crippen LogP contribution in [0.4, 0.5) is 0 Å². The summed E-state index contributed by atoms with van der Waals surface area (Å²) in [5, 5.41) is 0. The summed E-state index contributed by atoms with van der Waals surface area (Å²) in [5.41, 5.74) is 7.02. The SMILES string of the molecule is CC(C)(C)c1nc2ccccc2nc1-c1cccc2nc(C3=CCCC=C3)oc12. The lowest BCUT2D eigenvalue weighted by Crippen LogP contribution is -2.16. The molecule has 0 spiro atoms. The molecule has 0 saturated heterocycles. The second-order valence-corrected chi connectivity index (χ2v) is 8.47. The summed E-state index contributed by atoms with van der Waals surface area (Å²) in [5.74, 6) is 0.662. The van der Waals surface area contributed by atoms with E-state index in [1.165, 1.54) is 0 Å². The number of rotatable bonds is 2. The number of benzene rings is 2. The van der Waals surface area contributed by atoms with Gasteiger partial charge in [-0.15, -0.1) is 0 Å². The van der Waals surface area contributed by atoms with Crippen LogP contribution in [0.25, 0.3) is 39.0 Å². The van der Waals surface area contributed by atoms with Gasteiger partial charge in [0.05, 0.1) is 22.4 Å². The van der Waals surface area contributed by atoms with E-state index in [0.717, 1.165) is 57.5 Å². The molecule has 2 heterocycles. The van der Waals surface area contributed by atoms with Crippen molar-refractivity contribution < 1.29 is 4.42 Å². The Hall–Kier alpha value is -3.27. The van der Waals surface area contributed by atoms with Gasteiger partial charge in [-0.3, -0.25) is 0 Å². The summed E-state index contributed by atoms with van der Waals surface area (Å²) in [6.45, 7) is 6.50. The van der Waals surface area contributed by atoms with Gasteiger partial charge in [0.1, 0.15) is 5.52 Å². The quantitative estimate of drug-likeness (QED) is 0.399. The number of aromatic nitrogens is 3. The monoisotopic (exact) mass is 381 g/mol. The van der Waals surface area contributed by atoms with Gasteiger partial charge >= 0.3 is 0 Å². The molecule has 2 aromatic heterocycles. The smallest absolute Gasteiger partial charge is 0.227 e. The van der Waals surface area contributed by atoms with E-state index in [9.17, 15) is 0 Å². The number of oxazole rings is 1. The fourth-order valence-electron chi connectivity index (χ4n) is 3.74. The zero-order valence-electron chi connectivity index (χ0n) is 16.9. The van der Waals surface area contributed by atoms with Gasteiger partial charge in [0.15, 0.2) is 5.58 Å². The van der Waals surface area contributed by atoms with Crippen LogP contribution in [-0.2, 0) is 5.41 Å². The molecule has 0 bridgehead atoms. The van der Waals surface area contributed by atoms with E-state index in [1.807, 2.05) is 36.4 Å². The fraction of sp³-hybridized carbons (Fsp3) is 0.240. The summed E-state index contributed by atoms with van der Waals surface area (Å²) in [6, 6.07) is 14.1. The molecule has 1 aliphatic rings. The van der Waals surface area contributed by atoms with Crippen molar-refractivity contribution in [3.05, 3.63) is 72.3 Å². The van der Waals surface area contributed by atoms with E-state index in [-0.39, 0.29) is 5.41 Å². The zero-order chi connectivity index (χ0) is 20.0. The molecule has 0 N–H and O–H groups in total. The molecule has 4 heteroatoms. The second-order valence-electron chi connectivity index (χ2n) is 8.47. The Morgan fingerprint density at radius 3 is 2.31 bits per heavy atom. The summed E-state index contributed by atoms with van der Waals surface area (Å²) in [4.78, 5) is 14.7. The van der Waals surface area contributed by atoms with Crippen molar-refractivity contribution in [3.63, 3.8) is 0 Å². The molecular weight excluding hydrogens is 358 g/mol. The lowest BCUT2D eigenvalue weighted by atomic mass is 9.88. The molecule has 0 unspecified atom stereocenters. The molecule has 1 aliphatic carbocycles. The predicted octanol–water partition coefficient (Wildman–Crippen LogP) is 6.47. The average molecular weight is 381 g/mol. The Kier molecular flexibility index (Phi) is 4.09. The summed E-state index contributed by atoms with van der Waals surface area (Å²) in [6.07, 6.45) is 8.51. The highest BCUT2D eigenvalue weighted by atomic mass is 16.3. The normalized spacial score (nSPS) is 14.5. The predicted molar refractivity (Wildman–Crippen MR) is 118 cm³/mol. The minimum Gasteiger partial charge on any atom is -0.435 e. The van der Waals surface area contributed by atoms with Crippen LogP contribution in [0.3, 0.4) is 0 Å². The van der Waals surface area contributed by atoms with Crippen LogP contribution in [0.2, 0.25) is 0 Å². The third-order valence-electron chi connectivity index (χ3n) is 5.19. The summed E-state index contributed by atoms with van der Waals surface area (Å²) in [7, 11) is 0. The van der Waals surface area contributed by atoms with Crippen LogP contribution in [0, 0.1) is 0 Å². The van der Waals surface area contributed by atoms with E-state index in [1.54, 1.807) is 0 Å². The van der Waals surface area contributed by atoms with Gasteiger partial charge in [0.25, 0.3) is 0 Å². The van der Waals surface area contributed by atoms with Crippen molar-refractivity contribution in [2.75, 3.05) is 0 Å². The van der Waals surface area contributed by atoms with Crippen LogP contribution >= 0.6 is 0 Å². The maximum absolute atomic E-state index is 6.27. The molecule has 5 rings (SSSR count). The van der Waals surface area contributed by atoms with Gasteiger partial charge in [0, 0.05) is 16.6 Å². The molecule has 0 saturated carbocycles. The Morgan fingerprint density at radius 1 is 0.828 bits per heavy atom. The highest BCUT2D eigenvalue weighted by Gasteiger charge is 2.25. The molecule has 29 heavy (non-hydrogen) atoms. The first kappa shape index (κ1) is 17.8. The largest absolute Gasteiger partial charge is 0.435 e. The first-order valence-electron chi connectivity index (χ1n) is 10.0. The van der Waals surface area contributed by atoms with Crippen LogP contribution in [0.1, 0.15) is 45.2 Å². The molecule has 2 aromatic carbocycles. The van der Waals surface area contributed by atoms with Gasteiger partial charge < -0.3 is 4.42 Å². The Balaban J connectivity index is 1.77. The summed E-state index contributed by atoms with van der Waals surface area (Å²) >= 11 is 0. The summed E-state index contributed by atoms with van der Waals surface area (Å²) < 4.78 is 6.27. The van der Waals surface area contributed by atoms with Gasteiger partial charge in [0.2, 0.25) is 5.89 Å². The standard InChI is InChI=1S/C25H23N3O/c1-25(2,3)23-21(26-18-13-7-8-14-19(18)27-23)17-12-9-15-20-22(17)29-24(28-20)16-10-5-4-6-11-16/h5,7-15H,4,6H2,1-3H3. The lowest BCUT2D eigenvalue weighted by molar-refractivity contribution is 0.569. The number of fused-ring (bicyclic) bond motifs is 2. The van der Waals surface area contributed by atoms with E-state index in [2.05, 4.69) is 45.1 Å². The second kappa shape index (κ2) is 6.66. The third kappa shape index (κ3) is 3.15. The minimum absolute atomic E-state index is 0.161. The number of hydrogen-bond acceptors (Lipinski definition) is 4. The van der Waals surface area contributed by atoms with Crippen LogP contribution in [-0.4, -0.2) is 15.0 Å². The van der Waals surface area contributed by atoms with Crippen molar-refractivity contribution in [1.29, 1.82) is 0 Å².